The molecule has 0 aliphatic carbocycles. The summed E-state index contributed by atoms with van der Waals surface area (Å²) in [4.78, 5) is 10.7. The first-order valence-corrected chi connectivity index (χ1v) is 4.68. The van der Waals surface area contributed by atoms with Crippen molar-refractivity contribution in [1.82, 2.24) is 0 Å². The fraction of sp³-hybridized carbons (Fsp3) is 0.182. The Labute approximate surface area is 92.9 Å². The van der Waals surface area contributed by atoms with E-state index in [1.165, 1.54) is 12.1 Å². The predicted molar refractivity (Wildman–Crippen MR) is 58.7 cm³/mol. The molecular formula is C11H11ClO3. The Morgan fingerprint density at radius 3 is 2.73 bits per heavy atom. The molecule has 0 radical (unpaired) electrons. The van der Waals surface area contributed by atoms with Crippen molar-refractivity contribution in [1.29, 1.82) is 0 Å². The minimum atomic E-state index is -1.05. The zero-order valence-electron chi connectivity index (χ0n) is 8.29. The van der Waals surface area contributed by atoms with Gasteiger partial charge in [-0.15, -0.1) is 0 Å². The highest BCUT2D eigenvalue weighted by Crippen LogP contribution is 2.22. The van der Waals surface area contributed by atoms with Crippen molar-refractivity contribution in [2.24, 2.45) is 0 Å². The summed E-state index contributed by atoms with van der Waals surface area (Å²) >= 11 is 5.76. The van der Waals surface area contributed by atoms with Crippen molar-refractivity contribution in [3.05, 3.63) is 40.9 Å². The molecule has 0 fully saturated rings. The van der Waals surface area contributed by atoms with Crippen LogP contribution in [0.15, 0.2) is 30.4 Å². The van der Waals surface area contributed by atoms with Gasteiger partial charge in [0.1, 0.15) is 12.4 Å². The summed E-state index contributed by atoms with van der Waals surface area (Å²) < 4.78 is 5.31. The van der Waals surface area contributed by atoms with E-state index in [1.54, 1.807) is 6.07 Å². The molecule has 3 nitrogen and oxygen atoms in total. The zero-order chi connectivity index (χ0) is 11.4. The van der Waals surface area contributed by atoms with Gasteiger partial charge in [0.2, 0.25) is 0 Å². The molecule has 80 valence electrons. The van der Waals surface area contributed by atoms with E-state index in [1.807, 2.05) is 6.92 Å². The molecule has 0 aliphatic rings. The average molecular weight is 227 g/mol. The van der Waals surface area contributed by atoms with Gasteiger partial charge < -0.3 is 9.84 Å². The molecule has 1 rings (SSSR count). The molecule has 4 heteroatoms. The largest absolute Gasteiger partial charge is 0.489 e. The lowest BCUT2D eigenvalue weighted by Gasteiger charge is -2.06. The third-order valence-electron chi connectivity index (χ3n) is 1.66. The number of halogens is 1. The second-order valence-corrected chi connectivity index (χ2v) is 3.60. The molecule has 1 aromatic rings. The third-order valence-corrected chi connectivity index (χ3v) is 1.97. The topological polar surface area (TPSA) is 46.5 Å². The van der Waals surface area contributed by atoms with Crippen LogP contribution in [0.4, 0.5) is 0 Å². The molecule has 0 heterocycles. The third kappa shape index (κ3) is 3.29. The SMILES string of the molecule is C=C(C)COc1ccc(C(=O)O)c(Cl)c1. The summed E-state index contributed by atoms with van der Waals surface area (Å²) in [7, 11) is 0. The maximum atomic E-state index is 10.7. The van der Waals surface area contributed by atoms with Crippen LogP contribution in [0.3, 0.4) is 0 Å². The lowest BCUT2D eigenvalue weighted by Crippen LogP contribution is -2.00. The fourth-order valence-electron chi connectivity index (χ4n) is 0.966. The summed E-state index contributed by atoms with van der Waals surface area (Å²) in [5.74, 6) is -0.514. The minimum Gasteiger partial charge on any atom is -0.489 e. The van der Waals surface area contributed by atoms with Gasteiger partial charge in [-0.25, -0.2) is 4.79 Å². The van der Waals surface area contributed by atoms with E-state index in [0.29, 0.717) is 12.4 Å². The number of carbonyl (C=O) groups is 1. The Kier molecular flexibility index (Phi) is 3.74. The van der Waals surface area contributed by atoms with E-state index in [9.17, 15) is 4.79 Å². The van der Waals surface area contributed by atoms with Crippen LogP contribution in [0, 0.1) is 0 Å². The summed E-state index contributed by atoms with van der Waals surface area (Å²) in [6.07, 6.45) is 0. The van der Waals surface area contributed by atoms with Crippen LogP contribution in [0.1, 0.15) is 17.3 Å². The van der Waals surface area contributed by atoms with Crippen molar-refractivity contribution in [3.8, 4) is 5.75 Å². The highest BCUT2D eigenvalue weighted by molar-refractivity contribution is 6.33. The number of ether oxygens (including phenoxy) is 1. The molecule has 0 saturated carbocycles. The highest BCUT2D eigenvalue weighted by atomic mass is 35.5. The quantitative estimate of drug-likeness (QED) is 0.803. The Balaban J connectivity index is 2.82. The Bertz CT molecular complexity index is 399. The number of aromatic carboxylic acids is 1. The van der Waals surface area contributed by atoms with E-state index in [4.69, 9.17) is 21.4 Å². The van der Waals surface area contributed by atoms with Crippen LogP contribution in [-0.4, -0.2) is 17.7 Å². The normalized spacial score (nSPS) is 9.73. The van der Waals surface area contributed by atoms with Crippen LogP contribution < -0.4 is 4.74 Å². The van der Waals surface area contributed by atoms with E-state index in [-0.39, 0.29) is 10.6 Å². The van der Waals surface area contributed by atoms with Crippen LogP contribution >= 0.6 is 11.6 Å². The maximum absolute atomic E-state index is 10.7. The molecule has 0 bridgehead atoms. The summed E-state index contributed by atoms with van der Waals surface area (Å²) in [5, 5.41) is 8.90. The smallest absolute Gasteiger partial charge is 0.337 e. The minimum absolute atomic E-state index is 0.0688. The molecule has 0 saturated heterocycles. The molecule has 0 atom stereocenters. The second kappa shape index (κ2) is 4.84. The maximum Gasteiger partial charge on any atom is 0.337 e. The van der Waals surface area contributed by atoms with Gasteiger partial charge in [0, 0.05) is 0 Å². The molecule has 1 aromatic carbocycles. The van der Waals surface area contributed by atoms with Crippen LogP contribution in [0.2, 0.25) is 5.02 Å². The predicted octanol–water partition coefficient (Wildman–Crippen LogP) is 2.99. The van der Waals surface area contributed by atoms with Gasteiger partial charge in [-0.05, 0) is 30.7 Å². The lowest BCUT2D eigenvalue weighted by molar-refractivity contribution is 0.0697. The fourth-order valence-corrected chi connectivity index (χ4v) is 1.22. The van der Waals surface area contributed by atoms with E-state index < -0.39 is 5.97 Å². The zero-order valence-corrected chi connectivity index (χ0v) is 9.04. The lowest BCUT2D eigenvalue weighted by atomic mass is 10.2. The molecular weight excluding hydrogens is 216 g/mol. The van der Waals surface area contributed by atoms with Gasteiger partial charge >= 0.3 is 5.97 Å². The number of carboxylic acids is 1. The van der Waals surface area contributed by atoms with Gasteiger partial charge in [-0.3, -0.25) is 0 Å². The van der Waals surface area contributed by atoms with Crippen molar-refractivity contribution >= 4 is 17.6 Å². The molecule has 15 heavy (non-hydrogen) atoms. The van der Waals surface area contributed by atoms with E-state index in [0.717, 1.165) is 5.57 Å². The van der Waals surface area contributed by atoms with Gasteiger partial charge in [-0.1, -0.05) is 18.2 Å². The average Bonchev–Trinajstić information content (AvgIpc) is 2.14. The number of hydrogen-bond acceptors (Lipinski definition) is 2. The van der Waals surface area contributed by atoms with E-state index in [2.05, 4.69) is 6.58 Å². The summed E-state index contributed by atoms with van der Waals surface area (Å²) in [6, 6.07) is 4.46. The van der Waals surface area contributed by atoms with Crippen molar-refractivity contribution in [3.63, 3.8) is 0 Å². The second-order valence-electron chi connectivity index (χ2n) is 3.19. The summed E-state index contributed by atoms with van der Waals surface area (Å²) in [6.45, 7) is 5.92. The van der Waals surface area contributed by atoms with Crippen LogP contribution in [0.5, 0.6) is 5.75 Å². The van der Waals surface area contributed by atoms with Crippen molar-refractivity contribution < 1.29 is 14.6 Å². The van der Waals surface area contributed by atoms with E-state index >= 15 is 0 Å². The first kappa shape index (κ1) is 11.6. The number of hydrogen-bond donors (Lipinski definition) is 1. The molecule has 0 aliphatic heterocycles. The monoisotopic (exact) mass is 226 g/mol. The Hall–Kier alpha value is -1.48. The van der Waals surface area contributed by atoms with Crippen LogP contribution in [-0.2, 0) is 0 Å². The molecule has 0 unspecified atom stereocenters. The van der Waals surface area contributed by atoms with Crippen LogP contribution in [0.25, 0.3) is 0 Å². The number of benzene rings is 1. The Morgan fingerprint density at radius 1 is 1.60 bits per heavy atom. The van der Waals surface area contributed by atoms with Gasteiger partial charge in [0.05, 0.1) is 10.6 Å². The van der Waals surface area contributed by atoms with Gasteiger partial charge in [0.25, 0.3) is 0 Å². The first-order valence-electron chi connectivity index (χ1n) is 4.30. The molecule has 0 amide bonds. The van der Waals surface area contributed by atoms with Gasteiger partial charge in [-0.2, -0.15) is 0 Å². The van der Waals surface area contributed by atoms with Gasteiger partial charge in [0.15, 0.2) is 0 Å². The first-order chi connectivity index (χ1) is 7.00. The molecule has 0 spiro atoms. The summed E-state index contributed by atoms with van der Waals surface area (Å²) in [5.41, 5.74) is 0.952. The molecule has 1 N–H and O–H groups in total. The molecule has 0 aromatic heterocycles. The Morgan fingerprint density at radius 2 is 2.27 bits per heavy atom. The standard InChI is InChI=1S/C11H11ClO3/c1-7(2)6-15-8-3-4-9(11(13)14)10(12)5-8/h3-5H,1,6H2,2H3,(H,13,14). The highest BCUT2D eigenvalue weighted by Gasteiger charge is 2.08. The van der Waals surface area contributed by atoms with Crippen molar-refractivity contribution in [2.45, 2.75) is 6.92 Å². The number of carboxylic acid groups (broad SMARTS) is 1. The number of rotatable bonds is 4. The van der Waals surface area contributed by atoms with Crippen molar-refractivity contribution in [2.75, 3.05) is 6.61 Å².